The number of hydrogen-bond donors (Lipinski definition) is 1. The number of aromatic hydroxyl groups is 1. The highest BCUT2D eigenvalue weighted by Crippen LogP contribution is 2.37. The standard InChI is InChI=1S/C16H23F2NO/c1-16(2)6-4-12(5-7-16)19(3)10-11-8-13(17)15(20)14(18)9-11/h8-9,12,20H,4-7,10H2,1-3H3. The van der Waals surface area contributed by atoms with Gasteiger partial charge in [-0.25, -0.2) is 8.78 Å². The summed E-state index contributed by atoms with van der Waals surface area (Å²) >= 11 is 0. The van der Waals surface area contributed by atoms with E-state index in [1.54, 1.807) is 0 Å². The zero-order valence-corrected chi connectivity index (χ0v) is 12.4. The van der Waals surface area contributed by atoms with Gasteiger partial charge in [-0.2, -0.15) is 0 Å². The molecule has 2 nitrogen and oxygen atoms in total. The molecule has 0 unspecified atom stereocenters. The Morgan fingerprint density at radius 3 is 2.20 bits per heavy atom. The summed E-state index contributed by atoms with van der Waals surface area (Å²) in [7, 11) is 1.99. The van der Waals surface area contributed by atoms with Gasteiger partial charge in [-0.05, 0) is 55.8 Å². The van der Waals surface area contributed by atoms with Crippen molar-refractivity contribution in [1.29, 1.82) is 0 Å². The van der Waals surface area contributed by atoms with Crippen LogP contribution < -0.4 is 0 Å². The number of halogens is 2. The maximum Gasteiger partial charge on any atom is 0.187 e. The molecule has 0 amide bonds. The highest BCUT2D eigenvalue weighted by atomic mass is 19.1. The van der Waals surface area contributed by atoms with Gasteiger partial charge in [0.1, 0.15) is 0 Å². The molecular weight excluding hydrogens is 260 g/mol. The van der Waals surface area contributed by atoms with E-state index in [1.807, 2.05) is 7.05 Å². The molecule has 1 N–H and O–H groups in total. The van der Waals surface area contributed by atoms with Crippen molar-refractivity contribution in [2.75, 3.05) is 7.05 Å². The third kappa shape index (κ3) is 3.48. The molecule has 0 atom stereocenters. The molecule has 112 valence electrons. The van der Waals surface area contributed by atoms with Gasteiger partial charge in [-0.15, -0.1) is 0 Å². The van der Waals surface area contributed by atoms with Crippen molar-refractivity contribution in [3.63, 3.8) is 0 Å². The highest BCUT2D eigenvalue weighted by Gasteiger charge is 2.28. The van der Waals surface area contributed by atoms with Crippen molar-refractivity contribution in [3.05, 3.63) is 29.3 Å². The van der Waals surface area contributed by atoms with Crippen molar-refractivity contribution in [2.45, 2.75) is 52.1 Å². The van der Waals surface area contributed by atoms with Crippen LogP contribution in [0.25, 0.3) is 0 Å². The van der Waals surface area contributed by atoms with Crippen LogP contribution >= 0.6 is 0 Å². The lowest BCUT2D eigenvalue weighted by molar-refractivity contribution is 0.123. The molecule has 2 rings (SSSR count). The zero-order chi connectivity index (χ0) is 14.9. The van der Waals surface area contributed by atoms with E-state index in [2.05, 4.69) is 18.7 Å². The maximum atomic E-state index is 13.3. The second kappa shape index (κ2) is 5.68. The molecule has 0 bridgehead atoms. The third-order valence-electron chi connectivity index (χ3n) is 4.44. The van der Waals surface area contributed by atoms with Crippen LogP contribution in [0.2, 0.25) is 0 Å². The first kappa shape index (κ1) is 15.2. The highest BCUT2D eigenvalue weighted by molar-refractivity contribution is 5.30. The SMILES string of the molecule is CN(Cc1cc(F)c(O)c(F)c1)C1CCC(C)(C)CC1. The van der Waals surface area contributed by atoms with Gasteiger partial charge < -0.3 is 5.11 Å². The van der Waals surface area contributed by atoms with Gasteiger partial charge >= 0.3 is 0 Å². The minimum absolute atomic E-state index is 0.411. The predicted octanol–water partition coefficient (Wildman–Crippen LogP) is 4.07. The Balaban J connectivity index is 2.00. The summed E-state index contributed by atoms with van der Waals surface area (Å²) in [5.41, 5.74) is 0.971. The van der Waals surface area contributed by atoms with Gasteiger partial charge in [0.25, 0.3) is 0 Å². The van der Waals surface area contributed by atoms with E-state index < -0.39 is 17.4 Å². The number of phenolic OH excluding ortho intramolecular Hbond substituents is 1. The van der Waals surface area contributed by atoms with Crippen LogP contribution in [-0.4, -0.2) is 23.1 Å². The van der Waals surface area contributed by atoms with Crippen LogP contribution in [0.5, 0.6) is 5.75 Å². The average molecular weight is 283 g/mol. The topological polar surface area (TPSA) is 23.5 Å². The molecule has 0 aliphatic heterocycles. The molecule has 1 aliphatic carbocycles. The molecule has 0 aromatic heterocycles. The summed E-state index contributed by atoms with van der Waals surface area (Å²) in [6.45, 7) is 5.07. The first-order valence-electron chi connectivity index (χ1n) is 7.16. The van der Waals surface area contributed by atoms with E-state index in [1.165, 1.54) is 25.0 Å². The molecule has 0 spiro atoms. The molecule has 0 radical (unpaired) electrons. The Kier molecular flexibility index (Phi) is 4.33. The number of hydrogen-bond acceptors (Lipinski definition) is 2. The van der Waals surface area contributed by atoms with Crippen LogP contribution in [0.4, 0.5) is 8.78 Å². The lowest BCUT2D eigenvalue weighted by Gasteiger charge is -2.38. The van der Waals surface area contributed by atoms with Gasteiger partial charge in [0.15, 0.2) is 17.4 Å². The maximum absolute atomic E-state index is 13.3. The minimum atomic E-state index is -0.893. The van der Waals surface area contributed by atoms with Gasteiger partial charge in [-0.3, -0.25) is 4.90 Å². The summed E-state index contributed by atoms with van der Waals surface area (Å²) in [5, 5.41) is 9.11. The molecule has 1 aromatic carbocycles. The minimum Gasteiger partial charge on any atom is -0.503 e. The first-order valence-corrected chi connectivity index (χ1v) is 7.16. The first-order chi connectivity index (χ1) is 9.28. The third-order valence-corrected chi connectivity index (χ3v) is 4.44. The number of nitrogens with zero attached hydrogens (tertiary/aromatic N) is 1. The monoisotopic (exact) mass is 283 g/mol. The Morgan fingerprint density at radius 1 is 1.20 bits per heavy atom. The van der Waals surface area contributed by atoms with E-state index in [0.29, 0.717) is 23.6 Å². The predicted molar refractivity (Wildman–Crippen MR) is 75.5 cm³/mol. The molecule has 1 aromatic rings. The molecule has 20 heavy (non-hydrogen) atoms. The summed E-state index contributed by atoms with van der Waals surface area (Å²) in [6.07, 6.45) is 4.60. The van der Waals surface area contributed by atoms with Crippen molar-refractivity contribution in [2.24, 2.45) is 5.41 Å². The number of benzene rings is 1. The molecule has 0 saturated heterocycles. The Hall–Kier alpha value is -1.16. The van der Waals surface area contributed by atoms with Crippen LogP contribution in [0.1, 0.15) is 45.1 Å². The fourth-order valence-corrected chi connectivity index (χ4v) is 2.95. The zero-order valence-electron chi connectivity index (χ0n) is 12.4. The molecule has 1 saturated carbocycles. The normalized spacial score (nSPS) is 19.5. The van der Waals surface area contributed by atoms with E-state index >= 15 is 0 Å². The molecule has 1 aliphatic rings. The fraction of sp³-hybridized carbons (Fsp3) is 0.625. The number of phenols is 1. The van der Waals surface area contributed by atoms with Crippen molar-refractivity contribution in [1.82, 2.24) is 4.90 Å². The van der Waals surface area contributed by atoms with Gasteiger partial charge in [0.05, 0.1) is 0 Å². The quantitative estimate of drug-likeness (QED) is 0.904. The molecule has 4 heteroatoms. The van der Waals surface area contributed by atoms with Crippen LogP contribution in [0, 0.1) is 17.0 Å². The second-order valence-corrected chi connectivity index (χ2v) is 6.72. The fourth-order valence-electron chi connectivity index (χ4n) is 2.95. The van der Waals surface area contributed by atoms with E-state index in [0.717, 1.165) is 12.8 Å². The second-order valence-electron chi connectivity index (χ2n) is 6.72. The summed E-state index contributed by atoms with van der Waals surface area (Å²) in [5.74, 6) is -2.67. The van der Waals surface area contributed by atoms with Crippen molar-refractivity contribution in [3.8, 4) is 5.75 Å². The summed E-state index contributed by atoms with van der Waals surface area (Å²) in [6, 6.07) is 2.88. The van der Waals surface area contributed by atoms with Gasteiger partial charge in [0, 0.05) is 12.6 Å². The number of rotatable bonds is 3. The van der Waals surface area contributed by atoms with Crippen LogP contribution in [0.3, 0.4) is 0 Å². The van der Waals surface area contributed by atoms with Gasteiger partial charge in [-0.1, -0.05) is 13.8 Å². The Morgan fingerprint density at radius 2 is 1.70 bits per heavy atom. The Bertz CT molecular complexity index is 454. The molecule has 0 heterocycles. The average Bonchev–Trinajstić information content (AvgIpc) is 2.35. The van der Waals surface area contributed by atoms with E-state index in [-0.39, 0.29) is 0 Å². The lowest BCUT2D eigenvalue weighted by Crippen LogP contribution is -2.36. The summed E-state index contributed by atoms with van der Waals surface area (Å²) < 4.78 is 26.7. The lowest BCUT2D eigenvalue weighted by atomic mass is 9.75. The van der Waals surface area contributed by atoms with Crippen LogP contribution in [0.15, 0.2) is 12.1 Å². The van der Waals surface area contributed by atoms with Gasteiger partial charge in [0.2, 0.25) is 0 Å². The Labute approximate surface area is 119 Å². The smallest absolute Gasteiger partial charge is 0.187 e. The van der Waals surface area contributed by atoms with Crippen LogP contribution in [-0.2, 0) is 6.54 Å². The molecular formula is C16H23F2NO. The van der Waals surface area contributed by atoms with Crippen molar-refractivity contribution < 1.29 is 13.9 Å². The van der Waals surface area contributed by atoms with E-state index in [9.17, 15) is 8.78 Å². The summed E-state index contributed by atoms with van der Waals surface area (Å²) in [4.78, 5) is 2.15. The van der Waals surface area contributed by atoms with Crippen molar-refractivity contribution >= 4 is 0 Å². The van der Waals surface area contributed by atoms with E-state index in [4.69, 9.17) is 5.11 Å². The largest absolute Gasteiger partial charge is 0.503 e. The molecule has 1 fully saturated rings.